The van der Waals surface area contributed by atoms with E-state index in [0.717, 1.165) is 6.20 Å². The number of hydrogen-bond donors (Lipinski definition) is 0. The van der Waals surface area contributed by atoms with E-state index >= 15 is 0 Å². The molecule has 0 fully saturated rings. The highest BCUT2D eigenvalue weighted by molar-refractivity contribution is 6.69. The van der Waals surface area contributed by atoms with Crippen LogP contribution in [0.5, 0.6) is 0 Å². The first-order valence-electron chi connectivity index (χ1n) is 3.55. The number of nitriles is 1. The molecular weight excluding hydrogens is 249 g/mol. The zero-order valence-corrected chi connectivity index (χ0v) is 8.48. The molecule has 1 aromatic heterocycles. The van der Waals surface area contributed by atoms with Gasteiger partial charge in [0.2, 0.25) is 0 Å². The molecule has 0 saturated heterocycles. The number of alkyl halides is 2. The van der Waals surface area contributed by atoms with E-state index in [0.29, 0.717) is 0 Å². The summed E-state index contributed by atoms with van der Waals surface area (Å²) in [4.78, 5) is 14.1. The maximum Gasteiger partial charge on any atom is 0.281 e. The van der Waals surface area contributed by atoms with Crippen molar-refractivity contribution in [1.29, 1.82) is 5.26 Å². The van der Waals surface area contributed by atoms with Gasteiger partial charge in [-0.15, -0.1) is 0 Å². The first-order chi connectivity index (χ1) is 6.99. The molecule has 3 nitrogen and oxygen atoms in total. The van der Waals surface area contributed by atoms with Gasteiger partial charge in [-0.1, -0.05) is 11.6 Å². The summed E-state index contributed by atoms with van der Waals surface area (Å²) in [5.74, 6) is 0. The molecule has 1 rings (SSSR count). The molecule has 7 heteroatoms. The van der Waals surface area contributed by atoms with Crippen LogP contribution < -0.4 is 0 Å². The third-order valence-corrected chi connectivity index (χ3v) is 2.15. The van der Waals surface area contributed by atoms with Gasteiger partial charge in [0.05, 0.1) is 16.1 Å². The van der Waals surface area contributed by atoms with Crippen molar-refractivity contribution in [3.05, 3.63) is 28.0 Å². The van der Waals surface area contributed by atoms with Crippen LogP contribution in [0.3, 0.4) is 0 Å². The first kappa shape index (κ1) is 11.8. The minimum atomic E-state index is -2.98. The second kappa shape index (κ2) is 4.51. The summed E-state index contributed by atoms with van der Waals surface area (Å²) in [6.45, 7) is 0. The summed E-state index contributed by atoms with van der Waals surface area (Å²) in [6, 6.07) is 1.61. The van der Waals surface area contributed by atoms with E-state index in [4.69, 9.17) is 28.5 Å². The third kappa shape index (κ3) is 2.22. The minimum Gasteiger partial charge on any atom is -0.275 e. The Hall–Kier alpha value is -1.25. The fraction of sp³-hybridized carbons (Fsp3) is 0.125. The molecular formula is C8H2Cl2F2N2O. The number of carbonyl (C=O) groups excluding carboxylic acids is 1. The Kier molecular flexibility index (Phi) is 3.56. The molecule has 15 heavy (non-hydrogen) atoms. The molecule has 0 aliphatic heterocycles. The highest BCUT2D eigenvalue weighted by Gasteiger charge is 2.23. The first-order valence-corrected chi connectivity index (χ1v) is 4.31. The zero-order valence-electron chi connectivity index (χ0n) is 6.97. The lowest BCUT2D eigenvalue weighted by Crippen LogP contribution is -2.04. The molecule has 0 saturated carbocycles. The van der Waals surface area contributed by atoms with E-state index in [1.807, 2.05) is 0 Å². The molecule has 0 unspecified atom stereocenters. The second-order valence-electron chi connectivity index (χ2n) is 2.43. The summed E-state index contributed by atoms with van der Waals surface area (Å²) in [6.07, 6.45) is -2.11. The standard InChI is InChI=1S/C8H2Cl2F2N2O/c9-5-3(1-13)2-14-6(8(11)12)4(5)7(10)15/h2,8H. The zero-order chi connectivity index (χ0) is 11.6. The van der Waals surface area contributed by atoms with Gasteiger partial charge in [-0.2, -0.15) is 5.26 Å². The number of carbonyl (C=O) groups is 1. The topological polar surface area (TPSA) is 53.8 Å². The number of rotatable bonds is 2. The van der Waals surface area contributed by atoms with Crippen molar-refractivity contribution in [3.8, 4) is 6.07 Å². The Morgan fingerprint density at radius 1 is 1.60 bits per heavy atom. The lowest BCUT2D eigenvalue weighted by atomic mass is 10.1. The van der Waals surface area contributed by atoms with E-state index < -0.39 is 27.9 Å². The predicted octanol–water partition coefficient (Wildman–Crippen LogP) is 2.92. The quantitative estimate of drug-likeness (QED) is 0.759. The van der Waals surface area contributed by atoms with Gasteiger partial charge < -0.3 is 0 Å². The number of pyridine rings is 1. The number of halogens is 4. The van der Waals surface area contributed by atoms with Crippen LogP contribution in [0.15, 0.2) is 6.20 Å². The van der Waals surface area contributed by atoms with Crippen molar-refractivity contribution in [1.82, 2.24) is 4.98 Å². The molecule has 0 amide bonds. The molecule has 0 aliphatic rings. The van der Waals surface area contributed by atoms with Crippen LogP contribution >= 0.6 is 23.2 Å². The molecule has 78 valence electrons. The Bertz CT molecular complexity index is 457. The second-order valence-corrected chi connectivity index (χ2v) is 3.15. The van der Waals surface area contributed by atoms with Crippen LogP contribution in [0.25, 0.3) is 0 Å². The van der Waals surface area contributed by atoms with Crippen molar-refractivity contribution in [2.45, 2.75) is 6.43 Å². The normalized spacial score (nSPS) is 10.1. The number of hydrogen-bond acceptors (Lipinski definition) is 3. The Balaban J connectivity index is 3.53. The molecule has 0 spiro atoms. The van der Waals surface area contributed by atoms with Crippen molar-refractivity contribution in [3.63, 3.8) is 0 Å². The molecule has 1 aromatic rings. The van der Waals surface area contributed by atoms with Crippen LogP contribution in [0.2, 0.25) is 5.02 Å². The summed E-state index contributed by atoms with van der Waals surface area (Å²) < 4.78 is 24.8. The summed E-state index contributed by atoms with van der Waals surface area (Å²) in [5, 5.41) is 6.97. The van der Waals surface area contributed by atoms with E-state index in [2.05, 4.69) is 4.98 Å². The molecule has 0 radical (unpaired) electrons. The third-order valence-electron chi connectivity index (χ3n) is 1.57. The molecule has 0 atom stereocenters. The maximum atomic E-state index is 12.4. The van der Waals surface area contributed by atoms with Crippen LogP contribution in [-0.4, -0.2) is 10.2 Å². The fourth-order valence-corrected chi connectivity index (χ4v) is 1.45. The average molecular weight is 251 g/mol. The van der Waals surface area contributed by atoms with Gasteiger partial charge in [0.15, 0.2) is 0 Å². The number of nitrogens with zero attached hydrogens (tertiary/aromatic N) is 2. The Morgan fingerprint density at radius 3 is 2.60 bits per heavy atom. The molecule has 0 N–H and O–H groups in total. The van der Waals surface area contributed by atoms with Gasteiger partial charge >= 0.3 is 0 Å². The average Bonchev–Trinajstić information content (AvgIpc) is 2.16. The van der Waals surface area contributed by atoms with Crippen molar-refractivity contribution < 1.29 is 13.6 Å². The Labute approximate surface area is 93.2 Å². The van der Waals surface area contributed by atoms with Gasteiger partial charge in [0.1, 0.15) is 11.8 Å². The minimum absolute atomic E-state index is 0.176. The largest absolute Gasteiger partial charge is 0.281 e. The van der Waals surface area contributed by atoms with Gasteiger partial charge in [-0.05, 0) is 11.6 Å². The molecule has 1 heterocycles. The lowest BCUT2D eigenvalue weighted by molar-refractivity contribution is 0.106. The van der Waals surface area contributed by atoms with E-state index in [1.54, 1.807) is 6.07 Å². The van der Waals surface area contributed by atoms with Gasteiger partial charge in [-0.3, -0.25) is 9.78 Å². The van der Waals surface area contributed by atoms with Gasteiger partial charge in [0.25, 0.3) is 11.7 Å². The summed E-state index contributed by atoms with van der Waals surface area (Å²) in [5.41, 5.74) is -1.61. The molecule has 0 bridgehead atoms. The van der Waals surface area contributed by atoms with Crippen LogP contribution in [0.4, 0.5) is 8.78 Å². The van der Waals surface area contributed by atoms with Crippen molar-refractivity contribution >= 4 is 28.4 Å². The smallest absolute Gasteiger partial charge is 0.275 e. The fourth-order valence-electron chi connectivity index (χ4n) is 0.933. The summed E-state index contributed by atoms with van der Waals surface area (Å²) in [7, 11) is 0. The van der Waals surface area contributed by atoms with Crippen LogP contribution in [0.1, 0.15) is 28.0 Å². The predicted molar refractivity (Wildman–Crippen MR) is 49.1 cm³/mol. The highest BCUT2D eigenvalue weighted by Crippen LogP contribution is 2.29. The van der Waals surface area contributed by atoms with Crippen molar-refractivity contribution in [2.75, 3.05) is 0 Å². The van der Waals surface area contributed by atoms with Crippen molar-refractivity contribution in [2.24, 2.45) is 0 Å². The highest BCUT2D eigenvalue weighted by atomic mass is 35.5. The van der Waals surface area contributed by atoms with E-state index in [1.165, 1.54) is 0 Å². The van der Waals surface area contributed by atoms with Gasteiger partial charge in [0, 0.05) is 6.20 Å². The van der Waals surface area contributed by atoms with Crippen LogP contribution in [0, 0.1) is 11.3 Å². The summed E-state index contributed by atoms with van der Waals surface area (Å²) >= 11 is 10.6. The van der Waals surface area contributed by atoms with E-state index in [9.17, 15) is 13.6 Å². The lowest BCUT2D eigenvalue weighted by Gasteiger charge is -2.06. The maximum absolute atomic E-state index is 12.4. The Morgan fingerprint density at radius 2 is 2.20 bits per heavy atom. The molecule has 0 aliphatic carbocycles. The van der Waals surface area contributed by atoms with E-state index in [-0.39, 0.29) is 5.56 Å². The van der Waals surface area contributed by atoms with Gasteiger partial charge in [-0.25, -0.2) is 8.78 Å². The number of aromatic nitrogens is 1. The van der Waals surface area contributed by atoms with Crippen LogP contribution in [-0.2, 0) is 0 Å². The monoisotopic (exact) mass is 250 g/mol. The molecule has 0 aromatic carbocycles. The SMILES string of the molecule is N#Cc1cnc(C(F)F)c(C(=O)Cl)c1Cl.